The molecule has 0 aromatic rings. The predicted octanol–water partition coefficient (Wildman–Crippen LogP) is 7.05. The Labute approximate surface area is 107 Å². The highest BCUT2D eigenvalue weighted by molar-refractivity contribution is 4.88. The third-order valence-corrected chi connectivity index (χ3v) is 0.167. The minimum atomic E-state index is 1.17. The molecule has 0 aliphatic heterocycles. The van der Waals surface area contributed by atoms with E-state index in [1.54, 1.807) is 12.2 Å². The van der Waals surface area contributed by atoms with E-state index in [9.17, 15) is 0 Å². The summed E-state index contributed by atoms with van der Waals surface area (Å²) in [4.78, 5) is 0. The van der Waals surface area contributed by atoms with Gasteiger partial charge in [-0.2, -0.15) is 0 Å². The van der Waals surface area contributed by atoms with Crippen LogP contribution in [-0.2, 0) is 0 Å². The van der Waals surface area contributed by atoms with E-state index in [-0.39, 0.29) is 0 Å². The largest absolute Gasteiger partial charge is 0.100 e. The molecule has 16 heavy (non-hydrogen) atoms. The lowest BCUT2D eigenvalue weighted by atomic mass is 10.4. The fourth-order valence-electron chi connectivity index (χ4n) is 0. The van der Waals surface area contributed by atoms with Gasteiger partial charge in [-0.1, -0.05) is 86.3 Å². The maximum atomic E-state index is 3.56. The van der Waals surface area contributed by atoms with Gasteiger partial charge in [0.2, 0.25) is 0 Å². The highest BCUT2D eigenvalue weighted by atomic mass is 13.6. The highest BCUT2D eigenvalue weighted by Gasteiger charge is 1.51. The standard InChI is InChI=1S/C4H8.C4H6.4C2H6/c1-4(2)3;1-3-4-2;4*1-2/h1H2,2-3H3;3-4H,1-2H2;4*1-2H3. The third kappa shape index (κ3) is 40800. The number of allylic oxidation sites excluding steroid dienone is 3. The monoisotopic (exact) mass is 230 g/mol. The van der Waals surface area contributed by atoms with Gasteiger partial charge in [-0.3, -0.25) is 0 Å². The molecule has 0 aliphatic carbocycles. The molecule has 0 nitrogen and oxygen atoms in total. The van der Waals surface area contributed by atoms with Crippen LogP contribution in [-0.4, -0.2) is 0 Å². The Kier molecular flexibility index (Phi) is 316. The van der Waals surface area contributed by atoms with Crippen molar-refractivity contribution >= 4 is 0 Å². The van der Waals surface area contributed by atoms with E-state index in [2.05, 4.69) is 19.7 Å². The summed E-state index contributed by atoms with van der Waals surface area (Å²) >= 11 is 0. The van der Waals surface area contributed by atoms with Crippen LogP contribution in [0.25, 0.3) is 0 Å². The van der Waals surface area contributed by atoms with Crippen molar-refractivity contribution < 1.29 is 0 Å². The van der Waals surface area contributed by atoms with E-state index in [4.69, 9.17) is 0 Å². The van der Waals surface area contributed by atoms with Crippen molar-refractivity contribution in [2.24, 2.45) is 0 Å². The van der Waals surface area contributed by atoms with Gasteiger partial charge in [0, 0.05) is 0 Å². The summed E-state index contributed by atoms with van der Waals surface area (Å²) in [5.41, 5.74) is 1.17. The second-order valence-electron chi connectivity index (χ2n) is 1.68. The smallest absolute Gasteiger partial charge is 0.0445 e. The quantitative estimate of drug-likeness (QED) is 0.334. The van der Waals surface area contributed by atoms with Crippen LogP contribution in [0.1, 0.15) is 69.2 Å². The zero-order chi connectivity index (χ0) is 15.0. The number of hydrogen-bond donors (Lipinski definition) is 0. The third-order valence-electron chi connectivity index (χ3n) is 0.167. The first-order chi connectivity index (χ1) is 7.65. The lowest BCUT2D eigenvalue weighted by Crippen LogP contribution is -1.43. The van der Waals surface area contributed by atoms with E-state index in [0.29, 0.717) is 0 Å². The van der Waals surface area contributed by atoms with Gasteiger partial charge < -0.3 is 0 Å². The van der Waals surface area contributed by atoms with Crippen LogP contribution in [0, 0.1) is 0 Å². The second kappa shape index (κ2) is 140. The van der Waals surface area contributed by atoms with E-state index < -0.39 is 0 Å². The molecule has 102 valence electrons. The van der Waals surface area contributed by atoms with Gasteiger partial charge in [0.15, 0.2) is 0 Å². The van der Waals surface area contributed by atoms with Crippen LogP contribution >= 0.6 is 0 Å². The normalized spacial score (nSPS) is 4.38. The van der Waals surface area contributed by atoms with E-state index >= 15 is 0 Å². The first-order valence-corrected chi connectivity index (χ1v) is 6.50. The van der Waals surface area contributed by atoms with Crippen molar-refractivity contribution in [2.45, 2.75) is 69.2 Å². The molecule has 0 amide bonds. The summed E-state index contributed by atoms with van der Waals surface area (Å²) in [6.07, 6.45) is 3.28. The topological polar surface area (TPSA) is 0 Å². The molecular formula is C16H38. The van der Waals surface area contributed by atoms with Gasteiger partial charge in [-0.25, -0.2) is 0 Å². The summed E-state index contributed by atoms with van der Waals surface area (Å²) in [6, 6.07) is 0. The number of rotatable bonds is 1. The molecule has 0 spiro atoms. The zero-order valence-electron chi connectivity index (χ0n) is 13.8. The molecular weight excluding hydrogens is 192 g/mol. The fourth-order valence-corrected chi connectivity index (χ4v) is 0. The van der Waals surface area contributed by atoms with Gasteiger partial charge in [-0.05, 0) is 13.8 Å². The van der Waals surface area contributed by atoms with E-state index in [0.717, 1.165) is 0 Å². The molecule has 0 N–H and O–H groups in total. The van der Waals surface area contributed by atoms with Gasteiger partial charge >= 0.3 is 0 Å². The summed E-state index contributed by atoms with van der Waals surface area (Å²) in [7, 11) is 0. The van der Waals surface area contributed by atoms with Crippen molar-refractivity contribution in [2.75, 3.05) is 0 Å². The molecule has 0 bridgehead atoms. The van der Waals surface area contributed by atoms with E-state index in [1.165, 1.54) is 5.57 Å². The molecule has 0 fully saturated rings. The van der Waals surface area contributed by atoms with Crippen LogP contribution in [0.4, 0.5) is 0 Å². The lowest BCUT2D eigenvalue weighted by Gasteiger charge is -1.65. The fraction of sp³-hybridized carbons (Fsp3) is 0.625. The highest BCUT2D eigenvalue weighted by Crippen LogP contribution is 1.73. The van der Waals surface area contributed by atoms with Crippen LogP contribution < -0.4 is 0 Å². The minimum Gasteiger partial charge on any atom is -0.100 e. The Bertz CT molecular complexity index is 68.0. The molecule has 0 aromatic carbocycles. The predicted molar refractivity (Wildman–Crippen MR) is 86.3 cm³/mol. The lowest BCUT2D eigenvalue weighted by molar-refractivity contribution is 1.42. The van der Waals surface area contributed by atoms with Gasteiger partial charge in [-0.15, -0.1) is 6.58 Å². The average Bonchev–Trinajstić information content (AvgIpc) is 2.38. The Hall–Kier alpha value is -0.780. The minimum absolute atomic E-state index is 1.17. The van der Waals surface area contributed by atoms with Crippen molar-refractivity contribution in [1.29, 1.82) is 0 Å². The molecule has 0 rings (SSSR count). The maximum absolute atomic E-state index is 3.56. The molecule has 0 saturated heterocycles. The summed E-state index contributed by atoms with van der Waals surface area (Å²) < 4.78 is 0. The molecule has 0 radical (unpaired) electrons. The first-order valence-electron chi connectivity index (χ1n) is 6.50. The maximum Gasteiger partial charge on any atom is -0.0445 e. The molecule has 0 aliphatic rings. The van der Waals surface area contributed by atoms with Crippen molar-refractivity contribution in [3.8, 4) is 0 Å². The molecule has 0 aromatic heterocycles. The van der Waals surface area contributed by atoms with Crippen molar-refractivity contribution in [3.63, 3.8) is 0 Å². The van der Waals surface area contributed by atoms with Crippen LogP contribution in [0.3, 0.4) is 0 Å². The Morgan fingerprint density at radius 3 is 0.688 bits per heavy atom. The molecule has 0 unspecified atom stereocenters. The van der Waals surface area contributed by atoms with Crippen LogP contribution in [0.2, 0.25) is 0 Å². The summed E-state index contributed by atoms with van der Waals surface area (Å²) in [5.74, 6) is 0. The van der Waals surface area contributed by atoms with Crippen LogP contribution in [0.15, 0.2) is 37.5 Å². The number of hydrogen-bond acceptors (Lipinski definition) is 0. The summed E-state index contributed by atoms with van der Waals surface area (Å²) in [5, 5.41) is 0. The van der Waals surface area contributed by atoms with Gasteiger partial charge in [0.05, 0.1) is 0 Å². The molecule has 0 saturated carbocycles. The Morgan fingerprint density at radius 2 is 0.688 bits per heavy atom. The Morgan fingerprint density at radius 1 is 0.625 bits per heavy atom. The summed E-state index contributed by atoms with van der Waals surface area (Å²) in [6.45, 7) is 30.2. The van der Waals surface area contributed by atoms with Gasteiger partial charge in [0.25, 0.3) is 0 Å². The van der Waals surface area contributed by atoms with Gasteiger partial charge in [0.1, 0.15) is 0 Å². The van der Waals surface area contributed by atoms with Crippen molar-refractivity contribution in [3.05, 3.63) is 37.5 Å². The van der Waals surface area contributed by atoms with Crippen molar-refractivity contribution in [1.82, 2.24) is 0 Å². The zero-order valence-corrected chi connectivity index (χ0v) is 13.8. The molecule has 0 atom stereocenters. The first kappa shape index (κ1) is 36.2. The SMILES string of the molecule is C=C(C)C.C=CC=C.CC.CC.CC.CC. The average molecular weight is 230 g/mol. The molecule has 0 heteroatoms. The van der Waals surface area contributed by atoms with Crippen LogP contribution in [0.5, 0.6) is 0 Å². The van der Waals surface area contributed by atoms with E-state index in [1.807, 2.05) is 69.2 Å². The second-order valence-corrected chi connectivity index (χ2v) is 1.68. The Balaban J connectivity index is -0.0000000196. The molecule has 0 heterocycles.